The van der Waals surface area contributed by atoms with Crippen LogP contribution in [0.4, 0.5) is 0 Å². The molecule has 0 fully saturated rings. The van der Waals surface area contributed by atoms with Crippen molar-refractivity contribution in [3.8, 4) is 0 Å². The SMILES string of the molecule is CC1(Cl)C(=O)c2cccc3c4ccccc4n(c23)C1=O. The van der Waals surface area contributed by atoms with E-state index in [1.807, 2.05) is 36.4 Å². The van der Waals surface area contributed by atoms with Crippen LogP contribution in [0.15, 0.2) is 42.5 Å². The van der Waals surface area contributed by atoms with Gasteiger partial charge in [0.25, 0.3) is 5.91 Å². The fourth-order valence-corrected chi connectivity index (χ4v) is 3.16. The minimum Gasteiger partial charge on any atom is -0.292 e. The molecule has 0 radical (unpaired) electrons. The van der Waals surface area contributed by atoms with E-state index >= 15 is 0 Å². The standard InChI is InChI=1S/C16H10ClNO2/c1-16(17)14(19)11-7-4-6-10-9-5-2-3-8-12(9)18(13(10)11)15(16)20/h2-8H,1H3. The Kier molecular flexibility index (Phi) is 2.04. The first-order valence-corrected chi connectivity index (χ1v) is 6.72. The molecule has 4 heteroatoms. The van der Waals surface area contributed by atoms with Crippen molar-refractivity contribution in [2.24, 2.45) is 0 Å². The van der Waals surface area contributed by atoms with E-state index in [-0.39, 0.29) is 11.7 Å². The lowest BCUT2D eigenvalue weighted by molar-refractivity contribution is 0.0786. The van der Waals surface area contributed by atoms with E-state index < -0.39 is 4.87 Å². The van der Waals surface area contributed by atoms with Gasteiger partial charge in [-0.25, -0.2) is 0 Å². The summed E-state index contributed by atoms with van der Waals surface area (Å²) in [4.78, 5) is 23.5. The number of hydrogen-bond donors (Lipinski definition) is 0. The van der Waals surface area contributed by atoms with Crippen LogP contribution in [0.5, 0.6) is 0 Å². The van der Waals surface area contributed by atoms with E-state index in [4.69, 9.17) is 11.6 Å². The van der Waals surface area contributed by atoms with Crippen molar-refractivity contribution in [2.45, 2.75) is 11.8 Å². The first kappa shape index (κ1) is 11.7. The lowest BCUT2D eigenvalue weighted by Gasteiger charge is -2.26. The van der Waals surface area contributed by atoms with Crippen LogP contribution in [0.1, 0.15) is 22.1 Å². The average molecular weight is 284 g/mol. The van der Waals surface area contributed by atoms with E-state index in [1.165, 1.54) is 6.92 Å². The maximum absolute atomic E-state index is 12.6. The number of aromatic nitrogens is 1. The Morgan fingerprint density at radius 1 is 1.00 bits per heavy atom. The van der Waals surface area contributed by atoms with Crippen LogP contribution in [0.2, 0.25) is 0 Å². The van der Waals surface area contributed by atoms with Gasteiger partial charge in [-0.15, -0.1) is 0 Å². The molecule has 3 aromatic rings. The maximum Gasteiger partial charge on any atom is 0.260 e. The van der Waals surface area contributed by atoms with Gasteiger partial charge in [-0.05, 0) is 19.1 Å². The molecule has 0 amide bonds. The molecule has 3 nitrogen and oxygen atoms in total. The van der Waals surface area contributed by atoms with Gasteiger partial charge in [0, 0.05) is 16.3 Å². The van der Waals surface area contributed by atoms with Crippen molar-refractivity contribution in [2.75, 3.05) is 0 Å². The van der Waals surface area contributed by atoms with Gasteiger partial charge in [0.2, 0.25) is 0 Å². The fourth-order valence-electron chi connectivity index (χ4n) is 2.97. The molecule has 0 aliphatic carbocycles. The third kappa shape index (κ3) is 1.17. The van der Waals surface area contributed by atoms with Gasteiger partial charge < -0.3 is 0 Å². The molecule has 0 spiro atoms. The molecule has 2 heterocycles. The Bertz CT molecular complexity index is 921. The quantitative estimate of drug-likeness (QED) is 0.467. The number of alkyl halides is 1. The summed E-state index contributed by atoms with van der Waals surface area (Å²) < 4.78 is 1.58. The summed E-state index contributed by atoms with van der Waals surface area (Å²) in [5.41, 5.74) is 1.97. The molecule has 2 aromatic carbocycles. The number of nitrogens with zero attached hydrogens (tertiary/aromatic N) is 1. The topological polar surface area (TPSA) is 39.1 Å². The lowest BCUT2D eigenvalue weighted by Crippen LogP contribution is -2.44. The van der Waals surface area contributed by atoms with Crippen molar-refractivity contribution in [3.63, 3.8) is 0 Å². The van der Waals surface area contributed by atoms with Gasteiger partial charge in [-0.3, -0.25) is 14.2 Å². The molecule has 0 saturated heterocycles. The average Bonchev–Trinajstić information content (AvgIpc) is 2.79. The molecule has 1 aliphatic rings. The van der Waals surface area contributed by atoms with Crippen LogP contribution >= 0.6 is 11.6 Å². The molecule has 1 atom stereocenters. The highest BCUT2D eigenvalue weighted by atomic mass is 35.5. The summed E-state index contributed by atoms with van der Waals surface area (Å²) in [6.07, 6.45) is 0. The van der Waals surface area contributed by atoms with Crippen LogP contribution in [0.3, 0.4) is 0 Å². The first-order valence-electron chi connectivity index (χ1n) is 6.34. The van der Waals surface area contributed by atoms with Crippen LogP contribution in [0.25, 0.3) is 21.8 Å². The summed E-state index contributed by atoms with van der Waals surface area (Å²) in [6.45, 7) is 1.47. The molecular formula is C16H10ClNO2. The second-order valence-electron chi connectivity index (χ2n) is 5.19. The van der Waals surface area contributed by atoms with E-state index in [0.29, 0.717) is 11.1 Å². The molecule has 20 heavy (non-hydrogen) atoms. The number of fused-ring (bicyclic) bond motifs is 3. The highest BCUT2D eigenvalue weighted by molar-refractivity contribution is 6.52. The van der Waals surface area contributed by atoms with E-state index in [0.717, 1.165) is 16.3 Å². The van der Waals surface area contributed by atoms with Gasteiger partial charge in [-0.2, -0.15) is 0 Å². The molecule has 0 N–H and O–H groups in total. The zero-order valence-electron chi connectivity index (χ0n) is 10.7. The Balaban J connectivity index is 2.35. The largest absolute Gasteiger partial charge is 0.292 e. The van der Waals surface area contributed by atoms with Crippen LogP contribution in [-0.2, 0) is 0 Å². The van der Waals surface area contributed by atoms with E-state index in [9.17, 15) is 9.59 Å². The van der Waals surface area contributed by atoms with Crippen molar-refractivity contribution in [1.29, 1.82) is 0 Å². The Morgan fingerprint density at radius 3 is 2.50 bits per heavy atom. The third-order valence-corrected chi connectivity index (χ3v) is 4.30. The Labute approximate surface area is 119 Å². The number of carbonyl (C=O) groups is 2. The highest BCUT2D eigenvalue weighted by Crippen LogP contribution is 2.39. The van der Waals surface area contributed by atoms with E-state index in [1.54, 1.807) is 10.6 Å². The molecule has 0 bridgehead atoms. The van der Waals surface area contributed by atoms with Crippen molar-refractivity contribution >= 4 is 45.1 Å². The zero-order chi connectivity index (χ0) is 14.1. The van der Waals surface area contributed by atoms with Gasteiger partial charge in [0.05, 0.1) is 11.0 Å². The Morgan fingerprint density at radius 2 is 1.70 bits per heavy atom. The van der Waals surface area contributed by atoms with Crippen molar-refractivity contribution in [3.05, 3.63) is 48.0 Å². The molecule has 1 aromatic heterocycles. The maximum atomic E-state index is 12.6. The van der Waals surface area contributed by atoms with Crippen LogP contribution < -0.4 is 0 Å². The molecule has 4 rings (SSSR count). The predicted molar refractivity (Wildman–Crippen MR) is 78.7 cm³/mol. The number of hydrogen-bond acceptors (Lipinski definition) is 2. The Hall–Kier alpha value is -2.13. The van der Waals surface area contributed by atoms with Gasteiger partial charge in [-0.1, -0.05) is 41.9 Å². The highest BCUT2D eigenvalue weighted by Gasteiger charge is 2.46. The summed E-state index contributed by atoms with van der Waals surface area (Å²) in [5.74, 6) is -0.709. The van der Waals surface area contributed by atoms with Crippen molar-refractivity contribution in [1.82, 2.24) is 4.57 Å². The summed E-state index contributed by atoms with van der Waals surface area (Å²) in [5, 5.41) is 1.87. The van der Waals surface area contributed by atoms with Gasteiger partial charge in [0.1, 0.15) is 0 Å². The van der Waals surface area contributed by atoms with Gasteiger partial charge >= 0.3 is 0 Å². The number of para-hydroxylation sites is 2. The van der Waals surface area contributed by atoms with Gasteiger partial charge in [0.15, 0.2) is 10.7 Å². The second-order valence-corrected chi connectivity index (χ2v) is 5.95. The second kappa shape index (κ2) is 3.49. The summed E-state index contributed by atoms with van der Waals surface area (Å²) in [7, 11) is 0. The summed E-state index contributed by atoms with van der Waals surface area (Å²) in [6, 6.07) is 13.1. The zero-order valence-corrected chi connectivity index (χ0v) is 11.4. The summed E-state index contributed by atoms with van der Waals surface area (Å²) >= 11 is 6.22. The molecule has 1 aliphatic heterocycles. The predicted octanol–water partition coefficient (Wildman–Crippen LogP) is 3.63. The fraction of sp³-hybridized carbons (Fsp3) is 0.125. The number of halogens is 1. The van der Waals surface area contributed by atoms with E-state index in [2.05, 4.69) is 0 Å². The minimum atomic E-state index is -1.54. The molecule has 0 saturated carbocycles. The normalized spacial score (nSPS) is 21.9. The number of Topliss-reactive ketones (excluding diaryl/α,β-unsaturated/α-hetero) is 1. The third-order valence-electron chi connectivity index (χ3n) is 3.97. The monoisotopic (exact) mass is 283 g/mol. The minimum absolute atomic E-state index is 0.329. The van der Waals surface area contributed by atoms with Crippen LogP contribution in [-0.4, -0.2) is 21.1 Å². The number of ketones is 1. The molecule has 1 unspecified atom stereocenters. The smallest absolute Gasteiger partial charge is 0.260 e. The lowest BCUT2D eigenvalue weighted by atomic mass is 9.93. The number of benzene rings is 2. The number of carbonyl (C=O) groups excluding carboxylic acids is 2. The van der Waals surface area contributed by atoms with Crippen molar-refractivity contribution < 1.29 is 9.59 Å². The molecular weight excluding hydrogens is 274 g/mol. The molecule has 98 valence electrons. The van der Waals surface area contributed by atoms with Crippen LogP contribution in [0, 0.1) is 0 Å². The first-order chi connectivity index (χ1) is 9.53. The number of rotatable bonds is 0.